The van der Waals surface area contributed by atoms with Gasteiger partial charge in [-0.25, -0.2) is 13.2 Å². The van der Waals surface area contributed by atoms with Crippen molar-refractivity contribution in [3.05, 3.63) is 86.8 Å². The Bertz CT molecular complexity index is 1160. The minimum absolute atomic E-state index is 0.0183. The van der Waals surface area contributed by atoms with Crippen molar-refractivity contribution in [2.45, 2.75) is 31.9 Å². The van der Waals surface area contributed by atoms with Gasteiger partial charge >= 0.3 is 5.56 Å². The number of aliphatic hydroxyl groups excluding tert-OH is 1. The topological polar surface area (TPSA) is 67.2 Å². The first-order valence-electron chi connectivity index (χ1n) is 9.30. The van der Waals surface area contributed by atoms with E-state index < -0.39 is 34.9 Å². The number of nitrogens with one attached hydrogen (secondary N) is 1. The van der Waals surface area contributed by atoms with Crippen molar-refractivity contribution in [3.8, 4) is 0 Å². The minimum atomic E-state index is -1.60. The second kappa shape index (κ2) is 7.91. The van der Waals surface area contributed by atoms with E-state index in [1.165, 1.54) is 4.57 Å². The van der Waals surface area contributed by atoms with E-state index in [0.717, 1.165) is 35.9 Å². The highest BCUT2D eigenvalue weighted by molar-refractivity contribution is 5.62. The molecule has 30 heavy (non-hydrogen) atoms. The molecule has 0 aliphatic heterocycles. The summed E-state index contributed by atoms with van der Waals surface area (Å²) in [5.41, 5.74) is 1.10. The molecule has 1 heterocycles. The van der Waals surface area contributed by atoms with Gasteiger partial charge in [-0.2, -0.15) is 9.37 Å². The van der Waals surface area contributed by atoms with Gasteiger partial charge in [0.2, 0.25) is 11.8 Å². The smallest absolute Gasteiger partial charge is 0.310 e. The predicted molar refractivity (Wildman–Crippen MR) is 101 cm³/mol. The number of aliphatic hydroxyl groups is 1. The van der Waals surface area contributed by atoms with Crippen molar-refractivity contribution in [3.63, 3.8) is 0 Å². The predicted octanol–water partition coefficient (Wildman–Crippen LogP) is 3.96. The highest BCUT2D eigenvalue weighted by Gasteiger charge is 2.21. The number of fused-ring (bicyclic) bond motifs is 1. The Morgan fingerprint density at radius 2 is 1.87 bits per heavy atom. The summed E-state index contributed by atoms with van der Waals surface area (Å²) in [7, 11) is 0. The molecule has 1 atom stereocenters. The second-order valence-electron chi connectivity index (χ2n) is 7.13. The first kappa shape index (κ1) is 20.1. The Hall–Kier alpha value is -3.20. The molecule has 3 aromatic rings. The van der Waals surface area contributed by atoms with Crippen molar-refractivity contribution < 1.29 is 22.7 Å². The van der Waals surface area contributed by atoms with Gasteiger partial charge in [0.05, 0.1) is 12.6 Å². The van der Waals surface area contributed by atoms with E-state index >= 15 is 0 Å². The molecule has 0 radical (unpaired) electrons. The SMILES string of the molecule is O=c1nc(Nc2cccc3c2CCCC3O)n(Cc2cc(F)c(F)c(F)c2)cc1F. The highest BCUT2D eigenvalue weighted by atomic mass is 19.2. The number of halogens is 4. The first-order valence-corrected chi connectivity index (χ1v) is 9.30. The van der Waals surface area contributed by atoms with Crippen LogP contribution in [-0.4, -0.2) is 14.7 Å². The molecule has 4 rings (SSSR count). The van der Waals surface area contributed by atoms with Gasteiger partial charge < -0.3 is 15.0 Å². The summed E-state index contributed by atoms with van der Waals surface area (Å²) in [5.74, 6) is -5.55. The van der Waals surface area contributed by atoms with Gasteiger partial charge in [-0.1, -0.05) is 12.1 Å². The van der Waals surface area contributed by atoms with Crippen LogP contribution in [0.25, 0.3) is 0 Å². The molecule has 156 valence electrons. The lowest BCUT2D eigenvalue weighted by Crippen LogP contribution is -2.21. The van der Waals surface area contributed by atoms with E-state index in [1.807, 2.05) is 0 Å². The molecular weight excluding hydrogens is 402 g/mol. The molecule has 1 aromatic heterocycles. The van der Waals surface area contributed by atoms with Gasteiger partial charge in [-0.15, -0.1) is 0 Å². The Kier molecular flexibility index (Phi) is 5.29. The molecule has 0 amide bonds. The van der Waals surface area contributed by atoms with Crippen LogP contribution in [0.3, 0.4) is 0 Å². The molecule has 5 nitrogen and oxygen atoms in total. The van der Waals surface area contributed by atoms with Crippen LogP contribution in [0, 0.1) is 23.3 Å². The van der Waals surface area contributed by atoms with Crippen molar-refractivity contribution in [2.75, 3.05) is 5.32 Å². The lowest BCUT2D eigenvalue weighted by Gasteiger charge is -2.24. The molecule has 9 heteroatoms. The third kappa shape index (κ3) is 3.80. The Morgan fingerprint density at radius 3 is 2.60 bits per heavy atom. The van der Waals surface area contributed by atoms with Gasteiger partial charge in [0.1, 0.15) is 0 Å². The number of rotatable bonds is 4. The highest BCUT2D eigenvalue weighted by Crippen LogP contribution is 2.35. The molecule has 1 unspecified atom stereocenters. The lowest BCUT2D eigenvalue weighted by molar-refractivity contribution is 0.157. The molecule has 0 saturated carbocycles. The zero-order valence-electron chi connectivity index (χ0n) is 15.6. The van der Waals surface area contributed by atoms with E-state index in [2.05, 4.69) is 10.3 Å². The van der Waals surface area contributed by atoms with Crippen LogP contribution < -0.4 is 10.9 Å². The van der Waals surface area contributed by atoms with Crippen LogP contribution in [0.1, 0.15) is 35.6 Å². The number of hydrogen-bond donors (Lipinski definition) is 2. The average Bonchev–Trinajstić information content (AvgIpc) is 2.70. The number of hydrogen-bond acceptors (Lipinski definition) is 4. The van der Waals surface area contributed by atoms with E-state index in [4.69, 9.17) is 0 Å². The second-order valence-corrected chi connectivity index (χ2v) is 7.13. The third-order valence-electron chi connectivity index (χ3n) is 5.07. The maximum atomic E-state index is 13.9. The summed E-state index contributed by atoms with van der Waals surface area (Å²) in [6.45, 7) is -0.266. The molecule has 0 fully saturated rings. The van der Waals surface area contributed by atoms with E-state index in [9.17, 15) is 27.5 Å². The van der Waals surface area contributed by atoms with Gasteiger partial charge in [-0.3, -0.25) is 4.79 Å². The van der Waals surface area contributed by atoms with Crippen molar-refractivity contribution in [1.29, 1.82) is 0 Å². The summed E-state index contributed by atoms with van der Waals surface area (Å²) >= 11 is 0. The van der Waals surface area contributed by atoms with Gasteiger partial charge in [-0.05, 0) is 54.2 Å². The van der Waals surface area contributed by atoms with Crippen molar-refractivity contribution >= 4 is 11.6 Å². The summed E-state index contributed by atoms with van der Waals surface area (Å²) < 4.78 is 55.4. The average molecular weight is 419 g/mol. The maximum Gasteiger partial charge on any atom is 0.310 e. The normalized spacial score (nSPS) is 15.7. The Balaban J connectivity index is 1.74. The van der Waals surface area contributed by atoms with Gasteiger partial charge in [0.25, 0.3) is 0 Å². The summed E-state index contributed by atoms with van der Waals surface area (Å²) in [5, 5.41) is 13.2. The number of nitrogens with zero attached hydrogens (tertiary/aromatic N) is 2. The first-order chi connectivity index (χ1) is 14.3. The third-order valence-corrected chi connectivity index (χ3v) is 5.07. The number of benzene rings is 2. The van der Waals surface area contributed by atoms with Crippen LogP contribution in [0.2, 0.25) is 0 Å². The summed E-state index contributed by atoms with van der Waals surface area (Å²) in [6.07, 6.45) is 2.35. The number of aromatic nitrogens is 2. The molecule has 2 aromatic carbocycles. The van der Waals surface area contributed by atoms with Crippen molar-refractivity contribution in [2.24, 2.45) is 0 Å². The van der Waals surface area contributed by atoms with Crippen LogP contribution >= 0.6 is 0 Å². The van der Waals surface area contributed by atoms with Crippen molar-refractivity contribution in [1.82, 2.24) is 9.55 Å². The van der Waals surface area contributed by atoms with E-state index in [1.54, 1.807) is 18.2 Å². The molecule has 1 aliphatic rings. The fourth-order valence-electron chi connectivity index (χ4n) is 3.64. The fraction of sp³-hybridized carbons (Fsp3) is 0.238. The van der Waals surface area contributed by atoms with Crippen LogP contribution in [0.15, 0.2) is 41.3 Å². The maximum absolute atomic E-state index is 13.9. The molecule has 0 saturated heterocycles. The van der Waals surface area contributed by atoms with Gasteiger partial charge in [0, 0.05) is 11.9 Å². The monoisotopic (exact) mass is 419 g/mol. The molecule has 0 spiro atoms. The summed E-state index contributed by atoms with van der Waals surface area (Å²) in [4.78, 5) is 15.5. The lowest BCUT2D eigenvalue weighted by atomic mass is 9.88. The zero-order chi connectivity index (χ0) is 21.4. The quantitative estimate of drug-likeness (QED) is 0.496. The van der Waals surface area contributed by atoms with Crippen LogP contribution in [-0.2, 0) is 13.0 Å². The van der Waals surface area contributed by atoms with Crippen LogP contribution in [0.4, 0.5) is 29.2 Å². The standard InChI is InChI=1S/C21H17F4N3O2/c22-14-7-11(8-15(23)19(14)25)9-28-10-16(24)20(30)27-21(28)26-17-5-1-4-13-12(17)3-2-6-18(13)29/h1,4-5,7-8,10,18,29H,2-3,6,9H2,(H,26,27,30). The Morgan fingerprint density at radius 1 is 1.13 bits per heavy atom. The summed E-state index contributed by atoms with van der Waals surface area (Å²) in [6, 6.07) is 6.85. The fourth-order valence-corrected chi connectivity index (χ4v) is 3.64. The zero-order valence-corrected chi connectivity index (χ0v) is 15.6. The molecule has 0 bridgehead atoms. The van der Waals surface area contributed by atoms with E-state index in [-0.39, 0.29) is 18.1 Å². The Labute approximate surface area is 168 Å². The largest absolute Gasteiger partial charge is 0.388 e. The van der Waals surface area contributed by atoms with Crippen LogP contribution in [0.5, 0.6) is 0 Å². The molecular formula is C21H17F4N3O2. The van der Waals surface area contributed by atoms with E-state index in [0.29, 0.717) is 18.5 Å². The number of anilines is 2. The van der Waals surface area contributed by atoms with Gasteiger partial charge in [0.15, 0.2) is 17.5 Å². The molecule has 1 aliphatic carbocycles. The minimum Gasteiger partial charge on any atom is -0.388 e. The molecule has 2 N–H and O–H groups in total.